The molecule has 18 heavy (non-hydrogen) atoms. The van der Waals surface area contributed by atoms with Gasteiger partial charge < -0.3 is 15.3 Å². The van der Waals surface area contributed by atoms with Crippen LogP contribution in [0.2, 0.25) is 0 Å². The van der Waals surface area contributed by atoms with Gasteiger partial charge in [0.1, 0.15) is 0 Å². The van der Waals surface area contributed by atoms with Crippen LogP contribution in [-0.4, -0.2) is 73.1 Å². The van der Waals surface area contributed by atoms with Crippen LogP contribution in [-0.2, 0) is 9.59 Å². The minimum absolute atomic E-state index is 0.107. The summed E-state index contributed by atoms with van der Waals surface area (Å²) in [4.78, 5) is 26.9. The summed E-state index contributed by atoms with van der Waals surface area (Å²) in [5.41, 5.74) is 0. The van der Waals surface area contributed by atoms with Crippen LogP contribution in [0.25, 0.3) is 0 Å². The van der Waals surface area contributed by atoms with Crippen LogP contribution in [0.3, 0.4) is 0 Å². The lowest BCUT2D eigenvalue weighted by atomic mass is 10.2. The normalized spacial score (nSPS) is 33.1. The first kappa shape index (κ1) is 13.3. The summed E-state index contributed by atoms with van der Waals surface area (Å²) < 4.78 is 0. The maximum Gasteiger partial charge on any atom is 0.307 e. The summed E-state index contributed by atoms with van der Waals surface area (Å²) >= 11 is 0. The van der Waals surface area contributed by atoms with E-state index in [2.05, 4.69) is 29.2 Å². The second-order valence-electron chi connectivity index (χ2n) is 5.43. The minimum Gasteiger partial charge on any atom is -0.481 e. The summed E-state index contributed by atoms with van der Waals surface area (Å²) in [7, 11) is 4.13. The molecule has 1 heterocycles. The third-order valence-corrected chi connectivity index (χ3v) is 3.94. The van der Waals surface area contributed by atoms with E-state index in [0.29, 0.717) is 19.0 Å². The Kier molecular flexibility index (Phi) is 3.87. The fraction of sp³-hybridized carbons (Fsp3) is 0.833. The van der Waals surface area contributed by atoms with Crippen LogP contribution >= 0.6 is 0 Å². The lowest BCUT2D eigenvalue weighted by Gasteiger charge is -2.37. The summed E-state index contributed by atoms with van der Waals surface area (Å²) in [5.74, 6) is -1.74. The molecular weight excluding hydrogens is 234 g/mol. The maximum atomic E-state index is 11.7. The number of amides is 1. The fourth-order valence-electron chi connectivity index (χ4n) is 2.43. The fourth-order valence-corrected chi connectivity index (χ4v) is 2.43. The molecule has 1 saturated carbocycles. The van der Waals surface area contributed by atoms with Crippen LogP contribution in [0.1, 0.15) is 6.42 Å². The van der Waals surface area contributed by atoms with Crippen molar-refractivity contribution < 1.29 is 14.7 Å². The van der Waals surface area contributed by atoms with Gasteiger partial charge >= 0.3 is 5.97 Å². The van der Waals surface area contributed by atoms with Crippen molar-refractivity contribution in [1.82, 2.24) is 15.1 Å². The van der Waals surface area contributed by atoms with E-state index in [1.165, 1.54) is 0 Å². The Balaban J connectivity index is 1.74. The molecule has 1 aliphatic carbocycles. The van der Waals surface area contributed by atoms with Crippen molar-refractivity contribution in [3.05, 3.63) is 0 Å². The van der Waals surface area contributed by atoms with E-state index in [4.69, 9.17) is 5.11 Å². The van der Waals surface area contributed by atoms with Gasteiger partial charge in [-0.2, -0.15) is 0 Å². The average molecular weight is 255 g/mol. The van der Waals surface area contributed by atoms with Gasteiger partial charge in [0.15, 0.2) is 0 Å². The summed E-state index contributed by atoms with van der Waals surface area (Å²) in [5, 5.41) is 11.7. The number of likely N-dealkylation sites (N-methyl/N-ethyl adjacent to an activating group) is 2. The first-order chi connectivity index (χ1) is 8.49. The quantitative estimate of drug-likeness (QED) is 0.679. The van der Waals surface area contributed by atoms with Crippen LogP contribution in [0, 0.1) is 11.8 Å². The Labute approximate surface area is 107 Å². The second-order valence-corrected chi connectivity index (χ2v) is 5.43. The lowest BCUT2D eigenvalue weighted by molar-refractivity contribution is -0.140. The first-order valence-corrected chi connectivity index (χ1v) is 6.38. The molecule has 3 atom stereocenters. The summed E-state index contributed by atoms with van der Waals surface area (Å²) in [6, 6.07) is 0.315. The van der Waals surface area contributed by atoms with Gasteiger partial charge in [0.05, 0.1) is 11.8 Å². The predicted octanol–water partition coefficient (Wildman–Crippen LogP) is -0.931. The molecule has 102 valence electrons. The lowest BCUT2D eigenvalue weighted by Crippen LogP contribution is -2.54. The Hall–Kier alpha value is -1.14. The number of carboxylic acids is 1. The molecule has 1 amide bonds. The zero-order chi connectivity index (χ0) is 13.3. The number of hydrogen-bond acceptors (Lipinski definition) is 4. The first-order valence-electron chi connectivity index (χ1n) is 6.38. The molecule has 0 aromatic carbocycles. The average Bonchev–Trinajstić information content (AvgIpc) is 3.10. The monoisotopic (exact) mass is 255 g/mol. The van der Waals surface area contributed by atoms with Gasteiger partial charge in [-0.1, -0.05) is 0 Å². The highest BCUT2D eigenvalue weighted by atomic mass is 16.4. The summed E-state index contributed by atoms with van der Waals surface area (Å²) in [6.45, 7) is 3.58. The van der Waals surface area contributed by atoms with E-state index >= 15 is 0 Å². The largest absolute Gasteiger partial charge is 0.481 e. The molecule has 2 rings (SSSR count). The maximum absolute atomic E-state index is 11.7. The van der Waals surface area contributed by atoms with Crippen molar-refractivity contribution >= 4 is 11.9 Å². The van der Waals surface area contributed by atoms with Crippen molar-refractivity contribution in [3.8, 4) is 0 Å². The Bertz CT molecular complexity index is 347. The van der Waals surface area contributed by atoms with Gasteiger partial charge in [0, 0.05) is 32.2 Å². The van der Waals surface area contributed by atoms with Crippen molar-refractivity contribution in [1.29, 1.82) is 0 Å². The van der Waals surface area contributed by atoms with Crippen molar-refractivity contribution in [3.63, 3.8) is 0 Å². The number of rotatable bonds is 4. The molecule has 1 saturated heterocycles. The molecule has 0 bridgehead atoms. The van der Waals surface area contributed by atoms with Gasteiger partial charge in [-0.25, -0.2) is 0 Å². The Morgan fingerprint density at radius 1 is 1.28 bits per heavy atom. The second kappa shape index (κ2) is 5.24. The van der Waals surface area contributed by atoms with Crippen molar-refractivity contribution in [2.75, 3.05) is 40.3 Å². The van der Waals surface area contributed by atoms with Gasteiger partial charge in [-0.05, 0) is 20.5 Å². The number of hydrogen-bond donors (Lipinski definition) is 2. The van der Waals surface area contributed by atoms with Gasteiger partial charge in [0.25, 0.3) is 0 Å². The highest BCUT2D eigenvalue weighted by Crippen LogP contribution is 2.38. The van der Waals surface area contributed by atoms with Gasteiger partial charge in [-0.15, -0.1) is 0 Å². The number of piperazine rings is 1. The molecule has 2 aliphatic rings. The molecule has 0 spiro atoms. The van der Waals surface area contributed by atoms with Gasteiger partial charge in [-0.3, -0.25) is 14.5 Å². The number of carbonyl (C=O) groups excluding carboxylic acids is 1. The molecule has 0 aromatic rings. The predicted molar refractivity (Wildman–Crippen MR) is 66.2 cm³/mol. The molecule has 1 aliphatic heterocycles. The van der Waals surface area contributed by atoms with Crippen LogP contribution < -0.4 is 5.32 Å². The highest BCUT2D eigenvalue weighted by Gasteiger charge is 2.48. The molecule has 3 unspecified atom stereocenters. The van der Waals surface area contributed by atoms with E-state index in [-0.39, 0.29) is 11.8 Å². The third kappa shape index (κ3) is 3.00. The molecule has 6 heteroatoms. The van der Waals surface area contributed by atoms with E-state index in [1.807, 2.05) is 0 Å². The number of nitrogens with zero attached hydrogens (tertiary/aromatic N) is 2. The Morgan fingerprint density at radius 3 is 2.61 bits per heavy atom. The minimum atomic E-state index is -0.857. The number of aliphatic carboxylic acids is 1. The zero-order valence-corrected chi connectivity index (χ0v) is 10.9. The van der Waals surface area contributed by atoms with Crippen LogP contribution in [0.5, 0.6) is 0 Å². The van der Waals surface area contributed by atoms with E-state index in [9.17, 15) is 9.59 Å². The van der Waals surface area contributed by atoms with Crippen LogP contribution in [0.15, 0.2) is 0 Å². The van der Waals surface area contributed by atoms with E-state index in [0.717, 1.165) is 19.6 Å². The SMILES string of the molecule is CN1CCN(C)C(CNC(=O)C2CC2C(=O)O)C1. The van der Waals surface area contributed by atoms with Crippen LogP contribution in [0.4, 0.5) is 0 Å². The van der Waals surface area contributed by atoms with Crippen molar-refractivity contribution in [2.45, 2.75) is 12.5 Å². The number of carbonyl (C=O) groups is 2. The topological polar surface area (TPSA) is 72.9 Å². The highest BCUT2D eigenvalue weighted by molar-refractivity contribution is 5.89. The molecule has 0 radical (unpaired) electrons. The number of nitrogens with one attached hydrogen (secondary N) is 1. The van der Waals surface area contributed by atoms with E-state index in [1.54, 1.807) is 0 Å². The number of carboxylic acid groups (broad SMARTS) is 1. The standard InChI is InChI=1S/C12H21N3O3/c1-14-3-4-15(2)8(7-14)6-13-11(16)9-5-10(9)12(17)18/h8-10H,3-7H2,1-2H3,(H,13,16)(H,17,18). The van der Waals surface area contributed by atoms with E-state index < -0.39 is 11.9 Å². The molecule has 2 N–H and O–H groups in total. The van der Waals surface area contributed by atoms with Crippen molar-refractivity contribution in [2.24, 2.45) is 11.8 Å². The summed E-state index contributed by atoms with van der Waals surface area (Å²) in [6.07, 6.45) is 0.488. The molecule has 0 aromatic heterocycles. The van der Waals surface area contributed by atoms with Gasteiger partial charge in [0.2, 0.25) is 5.91 Å². The molecule has 2 fully saturated rings. The molecule has 6 nitrogen and oxygen atoms in total. The molecular formula is C12H21N3O3. The zero-order valence-electron chi connectivity index (χ0n) is 10.9. The Morgan fingerprint density at radius 2 is 2.00 bits per heavy atom. The smallest absolute Gasteiger partial charge is 0.307 e. The third-order valence-electron chi connectivity index (χ3n) is 3.94.